The fraction of sp³-hybridized carbons (Fsp3) is 0.571. The Kier molecular flexibility index (Phi) is 4.37. The molecule has 19 heavy (non-hydrogen) atoms. The van der Waals surface area contributed by atoms with Crippen molar-refractivity contribution in [2.45, 2.75) is 49.8 Å². The van der Waals surface area contributed by atoms with Crippen molar-refractivity contribution < 1.29 is 64.3 Å². The van der Waals surface area contributed by atoms with Gasteiger partial charge in [0, 0.05) is 0 Å². The Bertz CT molecular complexity index is 447. The van der Waals surface area contributed by atoms with Gasteiger partial charge in [-0.05, 0) is 23.0 Å². The van der Waals surface area contributed by atoms with Gasteiger partial charge in [0.2, 0.25) is 0 Å². The molecule has 0 aromatic heterocycles. The van der Waals surface area contributed by atoms with E-state index in [1.807, 2.05) is 12.1 Å². The Balaban J connectivity index is 0.00000133. The van der Waals surface area contributed by atoms with Crippen molar-refractivity contribution in [2.24, 2.45) is 0 Å². The SMILES string of the molecule is CCCc1ccc(C23CC([B-](F)(F)F)(C2)C3)cc1.[K+]. The molecule has 0 heterocycles. The van der Waals surface area contributed by atoms with E-state index in [9.17, 15) is 12.9 Å². The van der Waals surface area contributed by atoms with E-state index in [4.69, 9.17) is 0 Å². The zero-order chi connectivity index (χ0) is 13.0. The van der Waals surface area contributed by atoms with Crippen LogP contribution in [-0.2, 0) is 11.8 Å². The van der Waals surface area contributed by atoms with Gasteiger partial charge in [0.05, 0.1) is 0 Å². The predicted octanol–water partition coefficient (Wildman–Crippen LogP) is 1.67. The summed E-state index contributed by atoms with van der Waals surface area (Å²) in [5, 5.41) is -1.28. The van der Waals surface area contributed by atoms with Crippen molar-refractivity contribution in [1.29, 1.82) is 0 Å². The third-order valence-corrected chi connectivity index (χ3v) is 4.87. The minimum atomic E-state index is -4.65. The molecular formula is C14H17BF3K. The molecule has 98 valence electrons. The Hall–Kier alpha value is 0.711. The van der Waals surface area contributed by atoms with Gasteiger partial charge in [-0.1, -0.05) is 62.2 Å². The number of rotatable bonds is 4. The van der Waals surface area contributed by atoms with Crippen molar-refractivity contribution in [3.63, 3.8) is 0 Å². The summed E-state index contributed by atoms with van der Waals surface area (Å²) < 4.78 is 38.5. The molecule has 0 atom stereocenters. The maximum absolute atomic E-state index is 12.8. The smallest absolute Gasteiger partial charge is 0.449 e. The first-order chi connectivity index (χ1) is 8.41. The summed E-state index contributed by atoms with van der Waals surface area (Å²) in [5.74, 6) is 0. The average molecular weight is 292 g/mol. The van der Waals surface area contributed by atoms with Crippen LogP contribution >= 0.6 is 0 Å². The molecule has 0 spiro atoms. The van der Waals surface area contributed by atoms with Gasteiger partial charge in [0.15, 0.2) is 0 Å². The van der Waals surface area contributed by atoms with Crippen LogP contribution in [0.1, 0.15) is 43.7 Å². The van der Waals surface area contributed by atoms with Gasteiger partial charge in [-0.15, -0.1) is 0 Å². The van der Waals surface area contributed by atoms with Crippen molar-refractivity contribution in [3.05, 3.63) is 35.4 Å². The van der Waals surface area contributed by atoms with Gasteiger partial charge in [-0.3, -0.25) is 0 Å². The number of benzene rings is 1. The fourth-order valence-corrected chi connectivity index (χ4v) is 3.83. The monoisotopic (exact) mass is 292 g/mol. The maximum Gasteiger partial charge on any atom is 1.00 e. The molecule has 0 aliphatic heterocycles. The van der Waals surface area contributed by atoms with E-state index < -0.39 is 12.3 Å². The van der Waals surface area contributed by atoms with Crippen LogP contribution in [0.2, 0.25) is 5.31 Å². The second kappa shape index (κ2) is 5.16. The van der Waals surface area contributed by atoms with E-state index in [1.54, 1.807) is 0 Å². The molecule has 2 bridgehead atoms. The Morgan fingerprint density at radius 3 is 2.00 bits per heavy atom. The molecular weight excluding hydrogens is 275 g/mol. The molecule has 5 heteroatoms. The third kappa shape index (κ3) is 2.39. The second-order valence-corrected chi connectivity index (χ2v) is 6.19. The zero-order valence-electron chi connectivity index (χ0n) is 11.6. The van der Waals surface area contributed by atoms with Crippen LogP contribution in [0.3, 0.4) is 0 Å². The van der Waals surface area contributed by atoms with Gasteiger partial charge in [0.25, 0.3) is 0 Å². The molecule has 0 radical (unpaired) electrons. The van der Waals surface area contributed by atoms with Crippen LogP contribution in [0, 0.1) is 0 Å². The number of hydrogen-bond donors (Lipinski definition) is 0. The van der Waals surface area contributed by atoms with Crippen LogP contribution in [0.4, 0.5) is 12.9 Å². The standard InChI is InChI=1S/C14H17BF3.K/c1-2-3-11-4-6-12(7-5-11)13-8-14(9-13,10-13)15(16,17)18;/h4-7H,2-3,8-10H2,1H3;/q-1;+1. The van der Waals surface area contributed by atoms with E-state index >= 15 is 0 Å². The maximum atomic E-state index is 12.8. The first-order valence-electron chi connectivity index (χ1n) is 6.70. The summed E-state index contributed by atoms with van der Waals surface area (Å²) in [7, 11) is 0. The first kappa shape index (κ1) is 16.1. The number of aryl methyl sites for hydroxylation is 1. The first-order valence-corrected chi connectivity index (χ1v) is 6.70. The Labute approximate surface area is 155 Å². The van der Waals surface area contributed by atoms with Gasteiger partial charge in [0.1, 0.15) is 0 Å². The van der Waals surface area contributed by atoms with E-state index in [0.717, 1.165) is 18.4 Å². The van der Waals surface area contributed by atoms with Crippen LogP contribution in [0.15, 0.2) is 24.3 Å². The van der Waals surface area contributed by atoms with Gasteiger partial charge >= 0.3 is 58.4 Å². The largest absolute Gasteiger partial charge is 1.00 e. The normalized spacial score (nSPS) is 32.0. The molecule has 0 N–H and O–H groups in total. The molecule has 3 fully saturated rings. The number of halogens is 3. The van der Waals surface area contributed by atoms with Gasteiger partial charge < -0.3 is 12.9 Å². The van der Waals surface area contributed by atoms with Crippen LogP contribution < -0.4 is 51.4 Å². The molecule has 0 unspecified atom stereocenters. The van der Waals surface area contributed by atoms with Crippen molar-refractivity contribution in [3.8, 4) is 0 Å². The Morgan fingerprint density at radius 1 is 1.05 bits per heavy atom. The van der Waals surface area contributed by atoms with Crippen molar-refractivity contribution in [2.75, 3.05) is 0 Å². The minimum Gasteiger partial charge on any atom is -0.449 e. The molecule has 3 saturated carbocycles. The average Bonchev–Trinajstić information content (AvgIpc) is 2.14. The van der Waals surface area contributed by atoms with E-state index in [2.05, 4.69) is 19.1 Å². The van der Waals surface area contributed by atoms with Crippen molar-refractivity contribution in [1.82, 2.24) is 0 Å². The molecule has 3 aliphatic carbocycles. The van der Waals surface area contributed by atoms with Crippen LogP contribution in [0.25, 0.3) is 0 Å². The summed E-state index contributed by atoms with van der Waals surface area (Å²) in [6.45, 7) is -2.52. The van der Waals surface area contributed by atoms with E-state index in [1.165, 1.54) is 5.56 Å². The molecule has 1 aromatic carbocycles. The van der Waals surface area contributed by atoms with Crippen LogP contribution in [0.5, 0.6) is 0 Å². The van der Waals surface area contributed by atoms with Gasteiger partial charge in [-0.2, -0.15) is 0 Å². The van der Waals surface area contributed by atoms with E-state index in [0.29, 0.717) is 19.3 Å². The summed E-state index contributed by atoms with van der Waals surface area (Å²) in [6.07, 6.45) is 3.14. The zero-order valence-corrected chi connectivity index (χ0v) is 14.7. The topological polar surface area (TPSA) is 0 Å². The molecule has 4 rings (SSSR count). The fourth-order valence-electron chi connectivity index (χ4n) is 3.83. The van der Waals surface area contributed by atoms with Gasteiger partial charge in [-0.25, -0.2) is 0 Å². The third-order valence-electron chi connectivity index (χ3n) is 4.87. The summed E-state index contributed by atoms with van der Waals surface area (Å²) in [4.78, 5) is 0. The second-order valence-electron chi connectivity index (χ2n) is 6.19. The summed E-state index contributed by atoms with van der Waals surface area (Å²) in [6, 6.07) is 8.23. The molecule has 3 aliphatic rings. The van der Waals surface area contributed by atoms with Crippen molar-refractivity contribution >= 4 is 6.98 Å². The predicted molar refractivity (Wildman–Crippen MR) is 67.7 cm³/mol. The molecule has 1 aromatic rings. The molecule has 0 amide bonds. The number of hydrogen-bond acceptors (Lipinski definition) is 0. The quantitative estimate of drug-likeness (QED) is 0.741. The minimum absolute atomic E-state index is 0. The van der Waals surface area contributed by atoms with Crippen LogP contribution in [-0.4, -0.2) is 6.98 Å². The summed E-state index contributed by atoms with van der Waals surface area (Å²) in [5.41, 5.74) is 2.26. The summed E-state index contributed by atoms with van der Waals surface area (Å²) >= 11 is 0. The van der Waals surface area contributed by atoms with E-state index in [-0.39, 0.29) is 56.8 Å². The Morgan fingerprint density at radius 2 is 1.58 bits per heavy atom. The molecule has 0 saturated heterocycles. The molecule has 0 nitrogen and oxygen atoms in total.